The molecule has 0 bridgehead atoms. The van der Waals surface area contributed by atoms with Gasteiger partial charge in [0.05, 0.1) is 5.52 Å². The third kappa shape index (κ3) is 3.25. The monoisotopic (exact) mass is 298 g/mol. The minimum absolute atomic E-state index is 0.762. The first kappa shape index (κ1) is 15.3. The van der Waals surface area contributed by atoms with Crippen molar-refractivity contribution in [3.05, 3.63) is 34.9 Å². The normalized spacial score (nSPS) is 18.0. The Morgan fingerprint density at radius 2 is 2.09 bits per heavy atom. The molecule has 1 aliphatic heterocycles. The van der Waals surface area contributed by atoms with E-state index in [0.29, 0.717) is 0 Å². The minimum Gasteiger partial charge on any atom is -0.381 e. The third-order valence-electron chi connectivity index (χ3n) is 4.83. The van der Waals surface area contributed by atoms with Crippen molar-refractivity contribution in [2.45, 2.75) is 40.0 Å². The molecule has 0 saturated carbocycles. The van der Waals surface area contributed by atoms with Gasteiger partial charge in [0.15, 0.2) is 0 Å². The molecular weight excluding hydrogens is 272 g/mol. The van der Waals surface area contributed by atoms with Gasteiger partial charge < -0.3 is 10.1 Å². The molecule has 2 heterocycles. The summed E-state index contributed by atoms with van der Waals surface area (Å²) >= 11 is 0. The topological polar surface area (TPSA) is 34.1 Å². The largest absolute Gasteiger partial charge is 0.381 e. The molecule has 0 radical (unpaired) electrons. The smallest absolute Gasteiger partial charge is 0.126 e. The van der Waals surface area contributed by atoms with Crippen LogP contribution in [0.15, 0.2) is 18.2 Å². The van der Waals surface area contributed by atoms with E-state index in [-0.39, 0.29) is 0 Å². The number of rotatable bonds is 5. The third-order valence-corrected chi connectivity index (χ3v) is 4.83. The molecule has 1 N–H and O–H groups in total. The van der Waals surface area contributed by atoms with Crippen molar-refractivity contribution < 1.29 is 4.74 Å². The highest BCUT2D eigenvalue weighted by Gasteiger charge is 2.14. The number of aromatic nitrogens is 1. The van der Waals surface area contributed by atoms with Crippen molar-refractivity contribution in [3.63, 3.8) is 0 Å². The first-order valence-corrected chi connectivity index (χ1v) is 8.34. The Bertz CT molecular complexity index is 660. The van der Waals surface area contributed by atoms with E-state index in [1.54, 1.807) is 0 Å². The summed E-state index contributed by atoms with van der Waals surface area (Å²) in [7, 11) is 0. The SMILES string of the molecule is Cc1ccc2c(C)cc(NCCCC3CCOC3)nc2c1C. The maximum absolute atomic E-state index is 5.43. The van der Waals surface area contributed by atoms with Gasteiger partial charge in [0.2, 0.25) is 0 Å². The fraction of sp³-hybridized carbons (Fsp3) is 0.526. The predicted octanol–water partition coefficient (Wildman–Crippen LogP) is 4.39. The average molecular weight is 298 g/mol. The van der Waals surface area contributed by atoms with E-state index in [2.05, 4.69) is 44.3 Å². The minimum atomic E-state index is 0.762. The molecule has 0 aliphatic carbocycles. The van der Waals surface area contributed by atoms with Crippen LogP contribution in [0, 0.1) is 26.7 Å². The number of nitrogens with zero attached hydrogens (tertiary/aromatic N) is 1. The number of benzene rings is 1. The van der Waals surface area contributed by atoms with E-state index in [4.69, 9.17) is 9.72 Å². The zero-order valence-corrected chi connectivity index (χ0v) is 13.9. The van der Waals surface area contributed by atoms with Crippen LogP contribution in [0.5, 0.6) is 0 Å². The van der Waals surface area contributed by atoms with E-state index in [9.17, 15) is 0 Å². The zero-order valence-electron chi connectivity index (χ0n) is 13.9. The van der Waals surface area contributed by atoms with Gasteiger partial charge in [-0.2, -0.15) is 0 Å². The second-order valence-corrected chi connectivity index (χ2v) is 6.53. The maximum atomic E-state index is 5.43. The van der Waals surface area contributed by atoms with Crippen LogP contribution in [0.3, 0.4) is 0 Å². The lowest BCUT2D eigenvalue weighted by atomic mass is 10.0. The molecular formula is C19H26N2O. The molecule has 118 valence electrons. The molecule has 1 aromatic heterocycles. The van der Waals surface area contributed by atoms with Gasteiger partial charge in [-0.1, -0.05) is 12.1 Å². The molecule has 2 aromatic rings. The van der Waals surface area contributed by atoms with Crippen molar-refractivity contribution in [3.8, 4) is 0 Å². The molecule has 3 heteroatoms. The molecule has 0 amide bonds. The second kappa shape index (κ2) is 6.66. The molecule has 1 fully saturated rings. The quantitative estimate of drug-likeness (QED) is 0.831. The Kier molecular flexibility index (Phi) is 4.63. The highest BCUT2D eigenvalue weighted by Crippen LogP contribution is 2.25. The van der Waals surface area contributed by atoms with Gasteiger partial charge in [0.25, 0.3) is 0 Å². The lowest BCUT2D eigenvalue weighted by Gasteiger charge is -2.12. The van der Waals surface area contributed by atoms with Crippen molar-refractivity contribution in [2.24, 2.45) is 5.92 Å². The number of hydrogen-bond acceptors (Lipinski definition) is 3. The summed E-state index contributed by atoms with van der Waals surface area (Å²) in [5.74, 6) is 1.76. The summed E-state index contributed by atoms with van der Waals surface area (Å²) < 4.78 is 5.43. The Labute approximate surface area is 133 Å². The summed E-state index contributed by atoms with van der Waals surface area (Å²) in [6.07, 6.45) is 3.66. The molecule has 1 unspecified atom stereocenters. The zero-order chi connectivity index (χ0) is 15.5. The van der Waals surface area contributed by atoms with E-state index >= 15 is 0 Å². The van der Waals surface area contributed by atoms with Crippen LogP contribution in [-0.2, 0) is 4.74 Å². The summed E-state index contributed by atoms with van der Waals surface area (Å²) in [5.41, 5.74) is 5.01. The van der Waals surface area contributed by atoms with Crippen LogP contribution in [0.2, 0.25) is 0 Å². The fourth-order valence-electron chi connectivity index (χ4n) is 3.21. The van der Waals surface area contributed by atoms with Gasteiger partial charge in [-0.3, -0.25) is 0 Å². The van der Waals surface area contributed by atoms with Crippen molar-refractivity contribution in [1.82, 2.24) is 4.98 Å². The number of pyridine rings is 1. The highest BCUT2D eigenvalue weighted by molar-refractivity contribution is 5.87. The van der Waals surface area contributed by atoms with E-state index in [1.165, 1.54) is 41.3 Å². The number of anilines is 1. The van der Waals surface area contributed by atoms with Crippen molar-refractivity contribution in [1.29, 1.82) is 0 Å². The lowest BCUT2D eigenvalue weighted by molar-refractivity contribution is 0.184. The Balaban J connectivity index is 1.67. The van der Waals surface area contributed by atoms with Gasteiger partial charge >= 0.3 is 0 Å². The first-order valence-electron chi connectivity index (χ1n) is 8.34. The van der Waals surface area contributed by atoms with Crippen LogP contribution in [-0.4, -0.2) is 24.7 Å². The van der Waals surface area contributed by atoms with Crippen LogP contribution in [0.25, 0.3) is 10.9 Å². The average Bonchev–Trinajstić information content (AvgIpc) is 3.01. The second-order valence-electron chi connectivity index (χ2n) is 6.53. The number of fused-ring (bicyclic) bond motifs is 1. The van der Waals surface area contributed by atoms with Gasteiger partial charge in [-0.15, -0.1) is 0 Å². The Morgan fingerprint density at radius 3 is 2.86 bits per heavy atom. The highest BCUT2D eigenvalue weighted by atomic mass is 16.5. The van der Waals surface area contributed by atoms with E-state index in [0.717, 1.165) is 37.0 Å². The molecule has 1 atom stereocenters. The molecule has 1 saturated heterocycles. The molecule has 1 aromatic carbocycles. The standard InChI is InChI=1S/C19H26N2O/c1-13-6-7-17-14(2)11-18(21-19(17)15(13)3)20-9-4-5-16-8-10-22-12-16/h6-7,11,16H,4-5,8-10,12H2,1-3H3,(H,20,21). The van der Waals surface area contributed by atoms with Crippen molar-refractivity contribution in [2.75, 3.05) is 25.1 Å². The van der Waals surface area contributed by atoms with E-state index in [1.807, 2.05) is 0 Å². The number of ether oxygens (including phenoxy) is 1. The maximum Gasteiger partial charge on any atom is 0.126 e. The Hall–Kier alpha value is -1.61. The molecule has 22 heavy (non-hydrogen) atoms. The molecule has 3 nitrogen and oxygen atoms in total. The van der Waals surface area contributed by atoms with Crippen LogP contribution in [0.4, 0.5) is 5.82 Å². The predicted molar refractivity (Wildman–Crippen MR) is 92.6 cm³/mol. The summed E-state index contributed by atoms with van der Waals surface area (Å²) in [5, 5.41) is 4.76. The number of nitrogens with one attached hydrogen (secondary N) is 1. The van der Waals surface area contributed by atoms with Gasteiger partial charge in [-0.25, -0.2) is 4.98 Å². The summed E-state index contributed by atoms with van der Waals surface area (Å²) in [6, 6.07) is 6.53. The molecule has 0 spiro atoms. The van der Waals surface area contributed by atoms with Gasteiger partial charge in [0, 0.05) is 25.1 Å². The summed E-state index contributed by atoms with van der Waals surface area (Å²) in [6.45, 7) is 9.36. The Morgan fingerprint density at radius 1 is 1.23 bits per heavy atom. The van der Waals surface area contributed by atoms with Crippen LogP contribution >= 0.6 is 0 Å². The lowest BCUT2D eigenvalue weighted by Crippen LogP contribution is -2.07. The molecule has 3 rings (SSSR count). The number of aryl methyl sites for hydroxylation is 3. The van der Waals surface area contributed by atoms with Crippen molar-refractivity contribution >= 4 is 16.7 Å². The van der Waals surface area contributed by atoms with E-state index < -0.39 is 0 Å². The number of hydrogen-bond donors (Lipinski definition) is 1. The summed E-state index contributed by atoms with van der Waals surface area (Å²) in [4.78, 5) is 4.83. The molecule has 1 aliphatic rings. The fourth-order valence-corrected chi connectivity index (χ4v) is 3.21. The van der Waals surface area contributed by atoms with Gasteiger partial charge in [-0.05, 0) is 68.7 Å². The first-order chi connectivity index (χ1) is 10.6. The van der Waals surface area contributed by atoms with Crippen LogP contribution in [0.1, 0.15) is 36.0 Å². The van der Waals surface area contributed by atoms with Gasteiger partial charge in [0.1, 0.15) is 5.82 Å². The van der Waals surface area contributed by atoms with Crippen LogP contribution < -0.4 is 5.32 Å².